The molecule has 2 aromatic carbocycles. The van der Waals surface area contributed by atoms with Gasteiger partial charge in [0.1, 0.15) is 11.5 Å². The maximum absolute atomic E-state index is 12.8. The minimum atomic E-state index is -0.647. The monoisotopic (exact) mass is 379 g/mol. The number of aliphatic hydroxyl groups excluding tert-OH is 1. The molecular formula is C23H25NO4. The summed E-state index contributed by atoms with van der Waals surface area (Å²) in [5.74, 6) is -0.628. The van der Waals surface area contributed by atoms with E-state index in [1.54, 1.807) is 29.2 Å². The molecule has 1 aliphatic heterocycles. The molecule has 1 amide bonds. The summed E-state index contributed by atoms with van der Waals surface area (Å²) in [6.07, 6.45) is 1.63. The van der Waals surface area contributed by atoms with Crippen LogP contribution in [0.2, 0.25) is 0 Å². The smallest absolute Gasteiger partial charge is 0.295 e. The van der Waals surface area contributed by atoms with E-state index in [1.807, 2.05) is 44.2 Å². The summed E-state index contributed by atoms with van der Waals surface area (Å²) in [6, 6.07) is 15.6. The lowest BCUT2D eigenvalue weighted by Crippen LogP contribution is -2.30. The van der Waals surface area contributed by atoms with Crippen molar-refractivity contribution in [2.45, 2.75) is 32.7 Å². The second-order valence-electron chi connectivity index (χ2n) is 6.78. The average Bonchev–Trinajstić information content (AvgIpc) is 2.98. The molecule has 0 aliphatic carbocycles. The van der Waals surface area contributed by atoms with Crippen LogP contribution in [0.3, 0.4) is 0 Å². The van der Waals surface area contributed by atoms with Crippen LogP contribution in [0, 0.1) is 0 Å². The lowest BCUT2D eigenvalue weighted by Gasteiger charge is -2.25. The van der Waals surface area contributed by atoms with Crippen molar-refractivity contribution < 1.29 is 19.4 Å². The number of carbonyl (C=O) groups excluding carboxylic acids is 2. The van der Waals surface area contributed by atoms with Gasteiger partial charge in [-0.1, -0.05) is 56.3 Å². The Morgan fingerprint density at radius 2 is 1.68 bits per heavy atom. The highest BCUT2D eigenvalue weighted by Crippen LogP contribution is 2.39. The molecule has 1 atom stereocenters. The number of nitrogens with zero attached hydrogens (tertiary/aromatic N) is 1. The Bertz CT molecular complexity index is 871. The Morgan fingerprint density at radius 3 is 2.29 bits per heavy atom. The van der Waals surface area contributed by atoms with E-state index in [1.165, 1.54) is 0 Å². The highest BCUT2D eigenvalue weighted by Gasteiger charge is 2.45. The van der Waals surface area contributed by atoms with E-state index in [2.05, 4.69) is 0 Å². The van der Waals surface area contributed by atoms with Gasteiger partial charge in [-0.3, -0.25) is 9.59 Å². The van der Waals surface area contributed by atoms with Crippen LogP contribution in [-0.4, -0.2) is 34.8 Å². The van der Waals surface area contributed by atoms with E-state index in [0.29, 0.717) is 25.1 Å². The van der Waals surface area contributed by atoms with Gasteiger partial charge >= 0.3 is 0 Å². The molecule has 3 rings (SSSR count). The third-order valence-electron chi connectivity index (χ3n) is 4.72. The van der Waals surface area contributed by atoms with Crippen LogP contribution >= 0.6 is 0 Å². The van der Waals surface area contributed by atoms with Crippen LogP contribution in [0.4, 0.5) is 0 Å². The maximum atomic E-state index is 12.8. The highest BCUT2D eigenvalue weighted by molar-refractivity contribution is 6.46. The van der Waals surface area contributed by atoms with Gasteiger partial charge in [0, 0.05) is 12.1 Å². The van der Waals surface area contributed by atoms with Crippen molar-refractivity contribution >= 4 is 17.4 Å². The highest BCUT2D eigenvalue weighted by atomic mass is 16.5. The van der Waals surface area contributed by atoms with Gasteiger partial charge in [-0.05, 0) is 30.5 Å². The number of hydrogen-bond acceptors (Lipinski definition) is 4. The lowest BCUT2D eigenvalue weighted by atomic mass is 9.95. The van der Waals surface area contributed by atoms with Gasteiger partial charge in [0.05, 0.1) is 18.2 Å². The van der Waals surface area contributed by atoms with Gasteiger partial charge in [0.15, 0.2) is 0 Å². The summed E-state index contributed by atoms with van der Waals surface area (Å²) < 4.78 is 5.62. The first-order valence-electron chi connectivity index (χ1n) is 9.65. The molecule has 1 saturated heterocycles. The molecule has 0 spiro atoms. The molecule has 1 fully saturated rings. The van der Waals surface area contributed by atoms with Crippen molar-refractivity contribution in [1.29, 1.82) is 0 Å². The molecule has 0 aromatic heterocycles. The van der Waals surface area contributed by atoms with Crippen molar-refractivity contribution in [3.8, 4) is 5.75 Å². The topological polar surface area (TPSA) is 66.8 Å². The Kier molecular flexibility index (Phi) is 6.14. The van der Waals surface area contributed by atoms with Crippen molar-refractivity contribution in [2.24, 2.45) is 0 Å². The van der Waals surface area contributed by atoms with Gasteiger partial charge < -0.3 is 14.7 Å². The summed E-state index contributed by atoms with van der Waals surface area (Å²) in [5.41, 5.74) is 1.42. The van der Waals surface area contributed by atoms with Crippen LogP contribution in [-0.2, 0) is 9.59 Å². The van der Waals surface area contributed by atoms with Crippen molar-refractivity contribution in [3.05, 3.63) is 71.3 Å². The Labute approximate surface area is 165 Å². The van der Waals surface area contributed by atoms with E-state index < -0.39 is 17.7 Å². The molecule has 2 aromatic rings. The number of likely N-dealkylation sites (tertiary alicyclic amines) is 1. The fraction of sp³-hybridized carbons (Fsp3) is 0.304. The number of ketones is 1. The first-order valence-corrected chi connectivity index (χ1v) is 9.65. The second kappa shape index (κ2) is 8.74. The maximum Gasteiger partial charge on any atom is 0.295 e. The molecule has 1 aliphatic rings. The molecule has 1 unspecified atom stereocenters. The van der Waals surface area contributed by atoms with Crippen molar-refractivity contribution in [3.63, 3.8) is 0 Å². The number of amides is 1. The zero-order valence-corrected chi connectivity index (χ0v) is 16.2. The van der Waals surface area contributed by atoms with E-state index in [-0.39, 0.29) is 11.3 Å². The van der Waals surface area contributed by atoms with E-state index in [9.17, 15) is 14.7 Å². The molecule has 5 heteroatoms. The number of ether oxygens (including phenoxy) is 1. The molecule has 146 valence electrons. The van der Waals surface area contributed by atoms with Crippen LogP contribution in [0.15, 0.2) is 60.2 Å². The van der Waals surface area contributed by atoms with Crippen LogP contribution < -0.4 is 4.74 Å². The van der Waals surface area contributed by atoms with Gasteiger partial charge in [-0.15, -0.1) is 0 Å². The number of aliphatic hydroxyl groups is 1. The third-order valence-corrected chi connectivity index (χ3v) is 4.72. The van der Waals surface area contributed by atoms with Gasteiger partial charge in [-0.2, -0.15) is 0 Å². The number of hydrogen-bond donors (Lipinski definition) is 1. The standard InChI is InChI=1S/C23H25NO4/c1-3-14-24-20(16-10-12-18(13-11-16)28-15-4-2)19(22(26)23(24)27)21(25)17-8-6-5-7-9-17/h5-13,20,25H,3-4,14-15H2,1-2H3/b21-19-. The molecule has 0 saturated carbocycles. The largest absolute Gasteiger partial charge is 0.507 e. The molecule has 5 nitrogen and oxygen atoms in total. The first kappa shape index (κ1) is 19.7. The first-order chi connectivity index (χ1) is 13.6. The molecule has 1 heterocycles. The molecule has 0 radical (unpaired) electrons. The quantitative estimate of drug-likeness (QED) is 0.442. The number of carbonyl (C=O) groups is 2. The summed E-state index contributed by atoms with van der Waals surface area (Å²) in [7, 11) is 0. The molecular weight excluding hydrogens is 354 g/mol. The second-order valence-corrected chi connectivity index (χ2v) is 6.78. The number of benzene rings is 2. The van der Waals surface area contributed by atoms with E-state index >= 15 is 0 Å². The Hall–Kier alpha value is -3.08. The lowest BCUT2D eigenvalue weighted by molar-refractivity contribution is -0.139. The zero-order chi connectivity index (χ0) is 20.1. The summed E-state index contributed by atoms with van der Waals surface area (Å²) >= 11 is 0. The van der Waals surface area contributed by atoms with Crippen LogP contribution in [0.5, 0.6) is 5.75 Å². The zero-order valence-electron chi connectivity index (χ0n) is 16.2. The van der Waals surface area contributed by atoms with Crippen molar-refractivity contribution in [2.75, 3.05) is 13.2 Å². The number of Topliss-reactive ketones (excluding diaryl/α,β-unsaturated/α-hetero) is 1. The van der Waals surface area contributed by atoms with Crippen molar-refractivity contribution in [1.82, 2.24) is 4.90 Å². The number of rotatable bonds is 7. The molecule has 28 heavy (non-hydrogen) atoms. The van der Waals surface area contributed by atoms with Gasteiger partial charge in [0.2, 0.25) is 0 Å². The van der Waals surface area contributed by atoms with Gasteiger partial charge in [-0.25, -0.2) is 0 Å². The predicted molar refractivity (Wildman–Crippen MR) is 108 cm³/mol. The van der Waals surface area contributed by atoms with E-state index in [0.717, 1.165) is 17.7 Å². The molecule has 1 N–H and O–H groups in total. The predicted octanol–water partition coefficient (Wildman–Crippen LogP) is 4.31. The summed E-state index contributed by atoms with van der Waals surface area (Å²) in [4.78, 5) is 26.9. The summed E-state index contributed by atoms with van der Waals surface area (Å²) in [5, 5.41) is 10.9. The van der Waals surface area contributed by atoms with Crippen LogP contribution in [0.25, 0.3) is 5.76 Å². The Morgan fingerprint density at radius 1 is 1.00 bits per heavy atom. The third kappa shape index (κ3) is 3.79. The normalized spacial score (nSPS) is 18.5. The average molecular weight is 379 g/mol. The fourth-order valence-electron chi connectivity index (χ4n) is 3.42. The fourth-order valence-corrected chi connectivity index (χ4v) is 3.42. The summed E-state index contributed by atoms with van der Waals surface area (Å²) in [6.45, 7) is 5.06. The minimum Gasteiger partial charge on any atom is -0.507 e. The SMILES string of the molecule is CCCOc1ccc(C2/C(=C(/O)c3ccccc3)C(=O)C(=O)N2CCC)cc1. The van der Waals surface area contributed by atoms with E-state index in [4.69, 9.17) is 4.74 Å². The minimum absolute atomic E-state index is 0.131. The Balaban J connectivity index is 2.06. The molecule has 0 bridgehead atoms. The van der Waals surface area contributed by atoms with Crippen LogP contribution in [0.1, 0.15) is 43.9 Å². The van der Waals surface area contributed by atoms with Gasteiger partial charge in [0.25, 0.3) is 11.7 Å².